The molecule has 1 heterocycles. The van der Waals surface area contributed by atoms with Crippen LogP contribution < -0.4 is 5.32 Å². The summed E-state index contributed by atoms with van der Waals surface area (Å²) in [5.74, 6) is 0.310. The summed E-state index contributed by atoms with van der Waals surface area (Å²) < 4.78 is 0. The van der Waals surface area contributed by atoms with E-state index in [1.54, 1.807) is 0 Å². The quantitative estimate of drug-likeness (QED) is 0.851. The summed E-state index contributed by atoms with van der Waals surface area (Å²) in [6.45, 7) is 1.99. The van der Waals surface area contributed by atoms with Gasteiger partial charge in [0.2, 0.25) is 11.8 Å². The molecule has 1 unspecified atom stereocenters. The molecule has 1 aliphatic heterocycles. The van der Waals surface area contributed by atoms with E-state index in [1.165, 1.54) is 25.7 Å². The fraction of sp³-hybridized carbons (Fsp3) is 0.882. The van der Waals surface area contributed by atoms with Gasteiger partial charge in [0.1, 0.15) is 11.6 Å². The van der Waals surface area contributed by atoms with E-state index in [9.17, 15) is 9.59 Å². The second-order valence-electron chi connectivity index (χ2n) is 7.03. The van der Waals surface area contributed by atoms with Crippen molar-refractivity contribution < 1.29 is 9.59 Å². The van der Waals surface area contributed by atoms with Crippen molar-refractivity contribution in [3.05, 3.63) is 0 Å². The summed E-state index contributed by atoms with van der Waals surface area (Å²) in [5, 5.41) is 3.02. The van der Waals surface area contributed by atoms with Gasteiger partial charge in [0.05, 0.1) is 0 Å². The molecule has 0 aromatic heterocycles. The molecule has 3 rings (SSSR count). The first-order chi connectivity index (χ1) is 10.2. The molecular formula is C17H28N2O2. The highest BCUT2D eigenvalue weighted by atomic mass is 16.2. The molecule has 1 N–H and O–H groups in total. The van der Waals surface area contributed by atoms with Crippen LogP contribution in [-0.4, -0.2) is 34.3 Å². The smallest absolute Gasteiger partial charge is 0.246 e. The highest BCUT2D eigenvalue weighted by Crippen LogP contribution is 2.40. The highest BCUT2D eigenvalue weighted by Gasteiger charge is 2.54. The summed E-state index contributed by atoms with van der Waals surface area (Å²) in [5.41, 5.74) is -0.525. The molecule has 0 aromatic carbocycles. The lowest BCUT2D eigenvalue weighted by Gasteiger charge is -2.53. The molecule has 4 nitrogen and oxygen atoms in total. The van der Waals surface area contributed by atoms with Crippen molar-refractivity contribution in [1.29, 1.82) is 0 Å². The predicted octanol–water partition coefficient (Wildman–Crippen LogP) is 2.76. The van der Waals surface area contributed by atoms with Crippen LogP contribution in [0.4, 0.5) is 0 Å². The Bertz CT molecular complexity index is 409. The Balaban J connectivity index is 1.93. The number of hydrogen-bond acceptors (Lipinski definition) is 2. The van der Waals surface area contributed by atoms with E-state index >= 15 is 0 Å². The van der Waals surface area contributed by atoms with Crippen molar-refractivity contribution in [3.8, 4) is 0 Å². The Kier molecular flexibility index (Phi) is 4.23. The van der Waals surface area contributed by atoms with Gasteiger partial charge in [0.15, 0.2) is 0 Å². The molecule has 0 aromatic rings. The van der Waals surface area contributed by atoms with Crippen LogP contribution in [0.5, 0.6) is 0 Å². The second kappa shape index (κ2) is 5.98. The first kappa shape index (κ1) is 14.9. The molecule has 1 spiro atoms. The maximum absolute atomic E-state index is 13.0. The summed E-state index contributed by atoms with van der Waals surface area (Å²) >= 11 is 0. The van der Waals surface area contributed by atoms with E-state index in [-0.39, 0.29) is 17.9 Å². The molecule has 118 valence electrons. The van der Waals surface area contributed by atoms with E-state index in [2.05, 4.69) is 10.2 Å². The Morgan fingerprint density at radius 1 is 1.05 bits per heavy atom. The fourth-order valence-corrected chi connectivity index (χ4v) is 4.59. The van der Waals surface area contributed by atoms with Gasteiger partial charge in [-0.3, -0.25) is 9.59 Å². The normalized spacial score (nSPS) is 30.5. The van der Waals surface area contributed by atoms with Crippen molar-refractivity contribution in [3.63, 3.8) is 0 Å². The number of rotatable bonds is 2. The maximum Gasteiger partial charge on any atom is 0.246 e. The van der Waals surface area contributed by atoms with Crippen molar-refractivity contribution in [2.45, 2.75) is 95.2 Å². The van der Waals surface area contributed by atoms with Gasteiger partial charge >= 0.3 is 0 Å². The second-order valence-corrected chi connectivity index (χ2v) is 7.03. The molecule has 2 aliphatic carbocycles. The number of amides is 2. The molecule has 0 bridgehead atoms. The van der Waals surface area contributed by atoms with Gasteiger partial charge in [0.25, 0.3) is 0 Å². The standard InChI is InChI=1S/C17H28N2O2/c1-2-14-15(20)19(13-9-5-3-6-10-13)17(16(21)18-14)11-7-4-8-12-17/h13-14H,2-12H2,1H3,(H,18,21). The minimum atomic E-state index is -0.525. The van der Waals surface area contributed by atoms with Crippen LogP contribution in [0.1, 0.15) is 77.6 Å². The lowest BCUT2D eigenvalue weighted by Crippen LogP contribution is -2.73. The number of piperazine rings is 1. The molecule has 2 saturated carbocycles. The minimum absolute atomic E-state index is 0.124. The molecule has 0 radical (unpaired) electrons. The largest absolute Gasteiger partial charge is 0.342 e. The number of carbonyl (C=O) groups is 2. The topological polar surface area (TPSA) is 49.4 Å². The van der Waals surface area contributed by atoms with Gasteiger partial charge in [-0.2, -0.15) is 0 Å². The van der Waals surface area contributed by atoms with Crippen LogP contribution in [0.15, 0.2) is 0 Å². The maximum atomic E-state index is 13.0. The van der Waals surface area contributed by atoms with Crippen molar-refractivity contribution in [1.82, 2.24) is 10.2 Å². The Morgan fingerprint density at radius 3 is 2.29 bits per heavy atom. The molecule has 4 heteroatoms. The van der Waals surface area contributed by atoms with Crippen molar-refractivity contribution >= 4 is 11.8 Å². The van der Waals surface area contributed by atoms with Crippen molar-refractivity contribution in [2.24, 2.45) is 0 Å². The molecular weight excluding hydrogens is 264 g/mol. The molecule has 3 aliphatic rings. The third-order valence-corrected chi connectivity index (χ3v) is 5.75. The van der Waals surface area contributed by atoms with Gasteiger partial charge in [0, 0.05) is 6.04 Å². The van der Waals surface area contributed by atoms with Gasteiger partial charge < -0.3 is 10.2 Å². The first-order valence-corrected chi connectivity index (χ1v) is 8.83. The number of carbonyl (C=O) groups excluding carboxylic acids is 2. The summed E-state index contributed by atoms with van der Waals surface area (Å²) in [7, 11) is 0. The monoisotopic (exact) mass is 292 g/mol. The van der Waals surface area contributed by atoms with E-state index in [4.69, 9.17) is 0 Å². The molecule has 21 heavy (non-hydrogen) atoms. The summed E-state index contributed by atoms with van der Waals surface area (Å²) in [4.78, 5) is 27.9. The average molecular weight is 292 g/mol. The van der Waals surface area contributed by atoms with Crippen LogP contribution in [0.2, 0.25) is 0 Å². The Morgan fingerprint density at radius 2 is 1.67 bits per heavy atom. The Hall–Kier alpha value is -1.06. The lowest BCUT2D eigenvalue weighted by atomic mass is 9.75. The number of nitrogens with one attached hydrogen (secondary N) is 1. The van der Waals surface area contributed by atoms with Crippen LogP contribution in [0.25, 0.3) is 0 Å². The fourth-order valence-electron chi connectivity index (χ4n) is 4.59. The van der Waals surface area contributed by atoms with Crippen LogP contribution in [-0.2, 0) is 9.59 Å². The highest BCUT2D eigenvalue weighted by molar-refractivity contribution is 6.00. The molecule has 1 atom stereocenters. The third-order valence-electron chi connectivity index (χ3n) is 5.75. The van der Waals surface area contributed by atoms with Crippen LogP contribution >= 0.6 is 0 Å². The van der Waals surface area contributed by atoms with E-state index in [0.717, 1.165) is 38.5 Å². The zero-order valence-corrected chi connectivity index (χ0v) is 13.2. The van der Waals surface area contributed by atoms with E-state index < -0.39 is 5.54 Å². The summed E-state index contributed by atoms with van der Waals surface area (Å²) in [6, 6.07) is -0.00331. The van der Waals surface area contributed by atoms with Gasteiger partial charge in [-0.15, -0.1) is 0 Å². The van der Waals surface area contributed by atoms with E-state index in [1.807, 2.05) is 6.92 Å². The van der Waals surface area contributed by atoms with Crippen LogP contribution in [0, 0.1) is 0 Å². The molecule has 2 amide bonds. The van der Waals surface area contributed by atoms with Gasteiger partial charge in [-0.25, -0.2) is 0 Å². The molecule has 3 fully saturated rings. The van der Waals surface area contributed by atoms with E-state index in [0.29, 0.717) is 12.5 Å². The SMILES string of the molecule is CCC1NC(=O)C2(CCCCC2)N(C2CCCCC2)C1=O. The molecule has 1 saturated heterocycles. The average Bonchev–Trinajstić information content (AvgIpc) is 2.53. The van der Waals surface area contributed by atoms with Gasteiger partial charge in [-0.05, 0) is 32.1 Å². The first-order valence-electron chi connectivity index (χ1n) is 8.83. The minimum Gasteiger partial charge on any atom is -0.342 e. The lowest BCUT2D eigenvalue weighted by molar-refractivity contribution is -0.165. The number of hydrogen-bond donors (Lipinski definition) is 1. The summed E-state index contributed by atoms with van der Waals surface area (Å²) in [6.07, 6.45) is 11.6. The Labute approximate surface area is 127 Å². The van der Waals surface area contributed by atoms with Crippen molar-refractivity contribution in [2.75, 3.05) is 0 Å². The van der Waals surface area contributed by atoms with Crippen LogP contribution in [0.3, 0.4) is 0 Å². The zero-order chi connectivity index (χ0) is 14.9. The predicted molar refractivity (Wildman–Crippen MR) is 81.8 cm³/mol. The number of nitrogens with zero attached hydrogens (tertiary/aromatic N) is 1. The van der Waals surface area contributed by atoms with Gasteiger partial charge in [-0.1, -0.05) is 45.4 Å². The zero-order valence-electron chi connectivity index (χ0n) is 13.2. The third kappa shape index (κ3) is 2.47.